The Kier molecular flexibility index (Phi) is 15.7. The normalized spacial score (nSPS) is 32.3. The van der Waals surface area contributed by atoms with Crippen LogP contribution >= 0.6 is 0 Å². The van der Waals surface area contributed by atoms with E-state index in [-0.39, 0.29) is 154 Å². The number of ether oxygens (including phenoxy) is 2. The predicted molar refractivity (Wildman–Crippen MR) is 340 cm³/mol. The maximum atomic E-state index is 11.9. The molecule has 3 saturated carbocycles. The van der Waals surface area contributed by atoms with Gasteiger partial charge in [0.15, 0.2) is 0 Å². The molecule has 4 aliphatic carbocycles. The number of carbonyl (C=O) groups is 14. The van der Waals surface area contributed by atoms with E-state index in [0.717, 1.165) is 61.9 Å². The SMILES string of the molecule is CN1C(=O)C2C3C=CC(C3)C2C1=O.CN1C(=O)C2C3C=CC(O3)C2C1=O.CN1C(=O)C2C3CCC(C3)C2C1=O.CN1C(=O)C2C3CCC(O3)C2C1=O.CN1C(=O)c2cc3ccccc3cc2C1=O.CN1C(=O)c2cccc3cccc(c23)C1=O.CN1C(=O)c2ccccc2C1=O. The fourth-order valence-electron chi connectivity index (χ4n) is 17.4. The summed E-state index contributed by atoms with van der Waals surface area (Å²) in [4.78, 5) is 172. The van der Waals surface area contributed by atoms with Crippen molar-refractivity contribution in [3.05, 3.63) is 155 Å². The third-order valence-electron chi connectivity index (χ3n) is 22.4. The Bertz CT molecular complexity index is 4040. The quantitative estimate of drug-likeness (QED) is 0.138. The average Bonchev–Trinajstić information content (AvgIpc) is 1.56. The van der Waals surface area contributed by atoms with Crippen LogP contribution in [0.2, 0.25) is 0 Å². The van der Waals surface area contributed by atoms with Gasteiger partial charge in [0.1, 0.15) is 0 Å². The number of hydrogen-bond donors (Lipinski definition) is 0. The zero-order chi connectivity index (χ0) is 67.9. The first kappa shape index (κ1) is 63.4. The molecule has 0 aromatic heterocycles. The maximum absolute atomic E-state index is 11.9. The van der Waals surface area contributed by atoms with Crippen molar-refractivity contribution in [1.82, 2.24) is 34.3 Å². The fraction of sp³-hybridized carbons (Fsp3) is 0.397. The summed E-state index contributed by atoms with van der Waals surface area (Å²) in [5.74, 6) is -0.307. The van der Waals surface area contributed by atoms with Crippen molar-refractivity contribution < 1.29 is 76.6 Å². The van der Waals surface area contributed by atoms with Crippen molar-refractivity contribution in [2.45, 2.75) is 62.9 Å². The Morgan fingerprint density at radius 1 is 0.292 bits per heavy atom. The Labute approximate surface area is 550 Å². The lowest BCUT2D eigenvalue weighted by molar-refractivity contribution is -0.142. The molecule has 11 aliphatic heterocycles. The number of benzene rings is 5. The number of carbonyl (C=O) groups excluding carboxylic acids is 14. The smallest absolute Gasteiger partial charge is 0.261 e. The minimum Gasteiger partial charge on any atom is -0.373 e. The molecule has 23 heteroatoms. The summed E-state index contributed by atoms with van der Waals surface area (Å²) in [6.07, 6.45) is 14.1. The number of rotatable bonds is 0. The van der Waals surface area contributed by atoms with Crippen molar-refractivity contribution in [3.63, 3.8) is 0 Å². The first-order valence-electron chi connectivity index (χ1n) is 32.4. The lowest BCUT2D eigenvalue weighted by Gasteiger charge is -2.23. The number of fused-ring (bicyclic) bond motifs is 23. The van der Waals surface area contributed by atoms with Crippen LogP contribution in [0.25, 0.3) is 21.5 Å². The number of hydrogen-bond acceptors (Lipinski definition) is 16. The van der Waals surface area contributed by atoms with Gasteiger partial charge >= 0.3 is 0 Å². The van der Waals surface area contributed by atoms with Crippen LogP contribution < -0.4 is 0 Å². The first-order valence-corrected chi connectivity index (χ1v) is 32.4. The molecular weight excluding hydrogens is 1230 g/mol. The monoisotopic (exact) mass is 1300 g/mol. The highest BCUT2D eigenvalue weighted by atomic mass is 16.5. The molecule has 8 bridgehead atoms. The zero-order valence-corrected chi connectivity index (χ0v) is 53.7. The topological polar surface area (TPSA) is 280 Å². The highest BCUT2D eigenvalue weighted by molar-refractivity contribution is 6.26. The number of amides is 14. The van der Waals surface area contributed by atoms with E-state index in [4.69, 9.17) is 9.47 Å². The van der Waals surface area contributed by atoms with Crippen LogP contribution in [-0.4, -0.2) is 191 Å². The molecule has 0 radical (unpaired) electrons. The molecule has 23 nitrogen and oxygen atoms in total. The van der Waals surface area contributed by atoms with Gasteiger partial charge in [0.2, 0.25) is 47.3 Å². The van der Waals surface area contributed by atoms with Crippen molar-refractivity contribution >= 4 is 104 Å². The van der Waals surface area contributed by atoms with Crippen molar-refractivity contribution in [3.8, 4) is 0 Å². The van der Waals surface area contributed by atoms with Gasteiger partial charge in [-0.3, -0.25) is 101 Å². The van der Waals surface area contributed by atoms with Crippen LogP contribution in [0, 0.1) is 71.0 Å². The van der Waals surface area contributed by atoms with E-state index in [0.29, 0.717) is 57.1 Å². The number of nitrogens with zero attached hydrogens (tertiary/aromatic N) is 7. The van der Waals surface area contributed by atoms with Gasteiger partial charge in [0, 0.05) is 65.8 Å². The third kappa shape index (κ3) is 9.72. The van der Waals surface area contributed by atoms with Gasteiger partial charge in [-0.05, 0) is 115 Å². The predicted octanol–water partition coefficient (Wildman–Crippen LogP) is 5.45. The van der Waals surface area contributed by atoms with Gasteiger partial charge in [-0.2, -0.15) is 0 Å². The van der Waals surface area contributed by atoms with Crippen molar-refractivity contribution in [2.24, 2.45) is 71.0 Å². The number of allylic oxidation sites excluding steroid dienone is 2. The summed E-state index contributed by atoms with van der Waals surface area (Å²) >= 11 is 0. The van der Waals surface area contributed by atoms with Gasteiger partial charge in [-0.15, -0.1) is 0 Å². The second-order valence-electron chi connectivity index (χ2n) is 27.2. The molecule has 10 fully saturated rings. The molecule has 14 amide bonds. The summed E-state index contributed by atoms with van der Waals surface area (Å²) in [5.41, 5.74) is 3.23. The largest absolute Gasteiger partial charge is 0.373 e. The van der Waals surface area contributed by atoms with E-state index in [9.17, 15) is 67.1 Å². The fourth-order valence-corrected chi connectivity index (χ4v) is 17.4. The van der Waals surface area contributed by atoms with Crippen LogP contribution in [0.3, 0.4) is 0 Å². The Hall–Kier alpha value is -10.0. The summed E-state index contributed by atoms with van der Waals surface area (Å²) in [5, 5.41) is 3.68. The molecule has 7 saturated heterocycles. The summed E-state index contributed by atoms with van der Waals surface area (Å²) < 4.78 is 11.0. The Balaban J connectivity index is 0.0000000965. The molecule has 16 unspecified atom stereocenters. The zero-order valence-electron chi connectivity index (χ0n) is 53.7. The highest BCUT2D eigenvalue weighted by Crippen LogP contribution is 2.56. The van der Waals surface area contributed by atoms with E-state index in [1.54, 1.807) is 76.7 Å². The second kappa shape index (κ2) is 23.7. The van der Waals surface area contributed by atoms with Crippen LogP contribution in [0.15, 0.2) is 121 Å². The average molecular weight is 1300 g/mol. The van der Waals surface area contributed by atoms with Crippen LogP contribution in [0.4, 0.5) is 0 Å². The Morgan fingerprint density at radius 3 is 1.02 bits per heavy atom. The summed E-state index contributed by atoms with van der Waals surface area (Å²) in [7, 11) is 10.9. The van der Waals surface area contributed by atoms with Gasteiger partial charge in [0.05, 0.1) is 94.0 Å². The van der Waals surface area contributed by atoms with Gasteiger partial charge < -0.3 is 9.47 Å². The summed E-state index contributed by atoms with van der Waals surface area (Å²) in [6, 6.07) is 29.1. The number of imide groups is 7. The van der Waals surface area contributed by atoms with E-state index in [2.05, 4.69) is 12.2 Å². The molecule has 20 rings (SSSR count). The molecule has 5 aromatic rings. The first-order chi connectivity index (χ1) is 45.9. The third-order valence-corrected chi connectivity index (χ3v) is 22.4. The lowest BCUT2D eigenvalue weighted by atomic mass is 9.81. The van der Waals surface area contributed by atoms with Crippen LogP contribution in [0.1, 0.15) is 101 Å². The molecule has 492 valence electrons. The number of likely N-dealkylation sites (tertiary alicyclic amines) is 4. The minimum absolute atomic E-state index is 0.0208. The molecule has 96 heavy (non-hydrogen) atoms. The van der Waals surface area contributed by atoms with E-state index >= 15 is 0 Å². The second-order valence-corrected chi connectivity index (χ2v) is 27.2. The molecule has 0 spiro atoms. The van der Waals surface area contributed by atoms with Gasteiger partial charge in [0.25, 0.3) is 35.4 Å². The van der Waals surface area contributed by atoms with Crippen LogP contribution in [0.5, 0.6) is 0 Å². The van der Waals surface area contributed by atoms with Gasteiger partial charge in [-0.1, -0.05) is 85.0 Å². The maximum Gasteiger partial charge on any atom is 0.261 e. The van der Waals surface area contributed by atoms with E-state index < -0.39 is 0 Å². The standard InChI is InChI=1S/2C13H9NO2.C10H13NO2.C10H11NO2.C9H11NO3.C9H9NO3.C9H7NO2/c1-14-12(15)9-6-2-4-8-5-3-7-10(11(8)9)13(14)16;1-14-12(15)10-6-8-4-2-3-5-9(8)7-11(10)13(14)16;2*1-11-9(12)7-5-2-3-6(4-5)8(7)10(11)13;2*1-10-8(11)6-4-2-3-5(13-4)7(6)9(10)12;1-10-8(11)6-4-2-3-5-7(6)9(10)12/h2*2-7H,1H3;5-8H,2-4H2,1H3;2-3,5-8H,4H2,1H3;4-7H,2-3H2,1H3;2-7H,1H3;2-5H,1H3. The molecular formula is C73H69N7O16. The van der Waals surface area contributed by atoms with Crippen LogP contribution in [-0.2, 0) is 47.8 Å². The van der Waals surface area contributed by atoms with Gasteiger partial charge in [-0.25, -0.2) is 0 Å². The molecule has 0 N–H and O–H groups in total. The Morgan fingerprint density at radius 2 is 0.615 bits per heavy atom. The highest BCUT2D eigenvalue weighted by Gasteiger charge is 2.63. The van der Waals surface area contributed by atoms with Crippen molar-refractivity contribution in [1.29, 1.82) is 0 Å². The van der Waals surface area contributed by atoms with E-state index in [1.807, 2.05) is 60.7 Å². The lowest BCUT2D eigenvalue weighted by Crippen LogP contribution is -2.36. The van der Waals surface area contributed by atoms with Crippen molar-refractivity contribution in [2.75, 3.05) is 49.3 Å². The van der Waals surface area contributed by atoms with E-state index in [1.165, 1.54) is 53.6 Å². The summed E-state index contributed by atoms with van der Waals surface area (Å²) in [6.45, 7) is 0. The molecule has 5 aromatic carbocycles. The molecule has 11 heterocycles. The minimum atomic E-state index is -0.243. The molecule has 15 aliphatic rings. The molecule has 16 atom stereocenters.